The maximum atomic E-state index is 13.3. The van der Waals surface area contributed by atoms with Gasteiger partial charge in [0.15, 0.2) is 17.2 Å². The number of aromatic nitrogens is 6. The summed E-state index contributed by atoms with van der Waals surface area (Å²) in [5.41, 5.74) is 7.16. The quantitative estimate of drug-likeness (QED) is 0.194. The van der Waals surface area contributed by atoms with Gasteiger partial charge in [0.25, 0.3) is 0 Å². The molecule has 3 aromatic heterocycles. The predicted molar refractivity (Wildman–Crippen MR) is 174 cm³/mol. The molecule has 3 aromatic carbocycles. The summed E-state index contributed by atoms with van der Waals surface area (Å²) in [5, 5.41) is 9.16. The van der Waals surface area contributed by atoms with Crippen LogP contribution in [0.1, 0.15) is 61.9 Å². The average molecular weight is 624 g/mol. The highest BCUT2D eigenvalue weighted by molar-refractivity contribution is 5.91. The third kappa shape index (κ3) is 5.52. The number of benzene rings is 3. The van der Waals surface area contributed by atoms with Gasteiger partial charge in [-0.15, -0.1) is 0 Å². The van der Waals surface area contributed by atoms with E-state index in [-0.39, 0.29) is 23.3 Å². The summed E-state index contributed by atoms with van der Waals surface area (Å²) < 4.78 is 44.8. The molecule has 0 aliphatic carbocycles. The smallest absolute Gasteiger partial charge is 0.333 e. The number of alkyl halides is 3. The van der Waals surface area contributed by atoms with Crippen LogP contribution in [0.4, 0.5) is 13.2 Å². The molecule has 6 aromatic rings. The Kier molecular flexibility index (Phi) is 7.92. The molecule has 6 rings (SSSR count). The number of fused-ring (bicyclic) bond motifs is 1. The molecule has 0 fully saturated rings. The zero-order valence-corrected chi connectivity index (χ0v) is 26.7. The summed E-state index contributed by atoms with van der Waals surface area (Å²) in [6, 6.07) is 23.6. The molecule has 0 saturated heterocycles. The fraction of sp³-hybridized carbons (Fsp3) is 0.278. The van der Waals surface area contributed by atoms with E-state index in [0.717, 1.165) is 45.2 Å². The van der Waals surface area contributed by atoms with Crippen molar-refractivity contribution >= 4 is 11.2 Å². The van der Waals surface area contributed by atoms with Crippen molar-refractivity contribution in [1.82, 2.24) is 28.7 Å². The predicted octanol–water partition coefficient (Wildman–Crippen LogP) is 8.30. The highest BCUT2D eigenvalue weighted by Gasteiger charge is 2.34. The normalized spacial score (nSPS) is 12.2. The number of nitrogens with zero attached hydrogens (tertiary/aromatic N) is 6. The monoisotopic (exact) mass is 623 g/mol. The molecule has 10 heteroatoms. The Bertz CT molecular complexity index is 2110. The third-order valence-electron chi connectivity index (χ3n) is 8.41. The van der Waals surface area contributed by atoms with Crippen molar-refractivity contribution in [3.8, 4) is 34.0 Å². The second-order valence-electron chi connectivity index (χ2n) is 12.3. The van der Waals surface area contributed by atoms with E-state index in [9.17, 15) is 13.2 Å². The molecular weight excluding hydrogens is 587 g/mol. The maximum Gasteiger partial charge on any atom is 0.434 e. The number of aryl methyl sites for hydroxylation is 2. The van der Waals surface area contributed by atoms with Gasteiger partial charge < -0.3 is 9.13 Å². The lowest BCUT2D eigenvalue weighted by Gasteiger charge is -2.16. The van der Waals surface area contributed by atoms with Crippen molar-refractivity contribution in [1.29, 1.82) is 5.41 Å². The van der Waals surface area contributed by atoms with Crippen LogP contribution in [0.2, 0.25) is 0 Å². The topological polar surface area (TPSA) is 77.3 Å². The molecule has 0 radical (unpaired) electrons. The summed E-state index contributed by atoms with van der Waals surface area (Å²) in [5.74, 6) is 1.32. The SMILES string of the molecule is CC(C)c1ccccc1-c1nc(-c2ccccc2C(C)C)c2c(n1)n(Cc1ccc(-c3nc(C(F)(F)F)cn3C)cc1)c(=N)n2C. The number of imidazole rings is 2. The van der Waals surface area contributed by atoms with Gasteiger partial charge in [0.2, 0.25) is 5.62 Å². The highest BCUT2D eigenvalue weighted by Crippen LogP contribution is 2.36. The molecule has 0 amide bonds. The van der Waals surface area contributed by atoms with E-state index in [1.165, 1.54) is 4.57 Å². The number of halogens is 3. The second-order valence-corrected chi connectivity index (χ2v) is 12.3. The Labute approximate surface area is 265 Å². The van der Waals surface area contributed by atoms with E-state index < -0.39 is 11.9 Å². The van der Waals surface area contributed by atoms with Gasteiger partial charge in [0.1, 0.15) is 17.0 Å². The lowest BCUT2D eigenvalue weighted by atomic mass is 9.94. The minimum Gasteiger partial charge on any atom is -0.333 e. The van der Waals surface area contributed by atoms with Gasteiger partial charge in [-0.1, -0.05) is 100 Å². The largest absolute Gasteiger partial charge is 0.434 e. The van der Waals surface area contributed by atoms with Crippen LogP contribution in [0.5, 0.6) is 0 Å². The van der Waals surface area contributed by atoms with E-state index in [4.69, 9.17) is 15.4 Å². The fourth-order valence-corrected chi connectivity index (χ4v) is 6.02. The highest BCUT2D eigenvalue weighted by atomic mass is 19.4. The van der Waals surface area contributed by atoms with Crippen LogP contribution in [-0.2, 0) is 26.8 Å². The first kappa shape index (κ1) is 31.0. The van der Waals surface area contributed by atoms with E-state index in [1.807, 2.05) is 58.6 Å². The molecule has 0 spiro atoms. The molecule has 1 N–H and O–H groups in total. The molecule has 0 saturated carbocycles. The average Bonchev–Trinajstić information content (AvgIpc) is 3.54. The van der Waals surface area contributed by atoms with Gasteiger partial charge in [0, 0.05) is 37.0 Å². The van der Waals surface area contributed by atoms with Gasteiger partial charge in [-0.05, 0) is 28.5 Å². The first-order valence-electron chi connectivity index (χ1n) is 15.3. The molecular formula is C36H36F3N7. The Hall–Kier alpha value is -4.99. The molecule has 46 heavy (non-hydrogen) atoms. The molecule has 0 unspecified atom stereocenters. The first-order valence-corrected chi connectivity index (χ1v) is 15.3. The Morgan fingerprint density at radius 2 is 1.35 bits per heavy atom. The summed E-state index contributed by atoms with van der Waals surface area (Å²) in [4.78, 5) is 14.1. The van der Waals surface area contributed by atoms with Crippen LogP contribution in [0.25, 0.3) is 45.2 Å². The molecule has 0 aliphatic rings. The third-order valence-corrected chi connectivity index (χ3v) is 8.41. The van der Waals surface area contributed by atoms with E-state index in [1.54, 1.807) is 19.2 Å². The molecule has 236 valence electrons. The van der Waals surface area contributed by atoms with Crippen LogP contribution in [0.15, 0.2) is 79.0 Å². The Morgan fingerprint density at radius 1 is 0.761 bits per heavy atom. The lowest BCUT2D eigenvalue weighted by Crippen LogP contribution is -2.23. The zero-order chi connectivity index (χ0) is 32.9. The number of rotatable bonds is 7. The second kappa shape index (κ2) is 11.7. The minimum absolute atomic E-state index is 0.229. The van der Waals surface area contributed by atoms with Crippen LogP contribution in [-0.4, -0.2) is 28.7 Å². The number of nitrogens with one attached hydrogen (secondary N) is 1. The minimum atomic E-state index is -4.52. The molecule has 3 heterocycles. The summed E-state index contributed by atoms with van der Waals surface area (Å²) >= 11 is 0. The van der Waals surface area contributed by atoms with Crippen molar-refractivity contribution < 1.29 is 13.2 Å². The standard InChI is InChI=1S/C36H36F3N7/c1-21(2)25-11-7-9-13-27(25)30-31-34(43-32(42-30)28-14-10-8-12-26(28)22(3)4)46(35(40)45(31)6)19-23-15-17-24(18-16-23)33-41-29(20-44(33)5)36(37,38)39/h7-18,20-22,40H,19H2,1-6H3. The van der Waals surface area contributed by atoms with Gasteiger partial charge in [-0.25, -0.2) is 15.0 Å². The van der Waals surface area contributed by atoms with Crippen molar-refractivity contribution in [2.45, 2.75) is 52.3 Å². The van der Waals surface area contributed by atoms with Gasteiger partial charge in [0.05, 0.1) is 6.54 Å². The van der Waals surface area contributed by atoms with Crippen LogP contribution < -0.4 is 5.62 Å². The van der Waals surface area contributed by atoms with Crippen LogP contribution in [0.3, 0.4) is 0 Å². The van der Waals surface area contributed by atoms with E-state index in [2.05, 4.69) is 50.9 Å². The van der Waals surface area contributed by atoms with Crippen molar-refractivity contribution in [2.75, 3.05) is 0 Å². The Balaban J connectivity index is 1.52. The maximum absolute atomic E-state index is 13.3. The van der Waals surface area contributed by atoms with Gasteiger partial charge >= 0.3 is 6.18 Å². The zero-order valence-electron chi connectivity index (χ0n) is 26.7. The first-order chi connectivity index (χ1) is 21.8. The van der Waals surface area contributed by atoms with Gasteiger partial charge in [-0.3, -0.25) is 9.98 Å². The molecule has 7 nitrogen and oxygen atoms in total. The van der Waals surface area contributed by atoms with E-state index in [0.29, 0.717) is 23.6 Å². The van der Waals surface area contributed by atoms with Crippen LogP contribution >= 0.6 is 0 Å². The van der Waals surface area contributed by atoms with E-state index >= 15 is 0 Å². The summed E-state index contributed by atoms with van der Waals surface area (Å²) in [7, 11) is 3.41. The lowest BCUT2D eigenvalue weighted by molar-refractivity contribution is -0.140. The fourth-order valence-electron chi connectivity index (χ4n) is 6.02. The molecule has 0 bridgehead atoms. The van der Waals surface area contributed by atoms with Crippen LogP contribution in [0, 0.1) is 5.41 Å². The molecule has 0 aliphatic heterocycles. The van der Waals surface area contributed by atoms with Crippen molar-refractivity contribution in [2.24, 2.45) is 14.1 Å². The number of hydrogen-bond donors (Lipinski definition) is 1. The summed E-state index contributed by atoms with van der Waals surface area (Å²) in [6.07, 6.45) is -3.53. The molecule has 0 atom stereocenters. The number of hydrogen-bond acceptors (Lipinski definition) is 4. The van der Waals surface area contributed by atoms with Crippen molar-refractivity contribution in [3.63, 3.8) is 0 Å². The van der Waals surface area contributed by atoms with Gasteiger partial charge in [-0.2, -0.15) is 13.2 Å². The summed E-state index contributed by atoms with van der Waals surface area (Å²) in [6.45, 7) is 8.95. The van der Waals surface area contributed by atoms with Crippen molar-refractivity contribution in [3.05, 3.63) is 107 Å². The Morgan fingerprint density at radius 3 is 1.93 bits per heavy atom.